The normalized spacial score (nSPS) is 17.6. The first-order valence-electron chi connectivity index (χ1n) is 6.33. The Morgan fingerprint density at radius 1 is 1.06 bits per heavy atom. The number of fused-ring (bicyclic) bond motifs is 1. The third-order valence-corrected chi connectivity index (χ3v) is 3.26. The van der Waals surface area contributed by atoms with E-state index in [9.17, 15) is 0 Å². The van der Waals surface area contributed by atoms with E-state index in [0.717, 1.165) is 18.0 Å². The summed E-state index contributed by atoms with van der Waals surface area (Å²) in [6, 6.07) is 15.3. The molecule has 2 heteroatoms. The molecule has 0 saturated carbocycles. The number of rotatable bonds is 1. The molecule has 0 saturated heterocycles. The molecule has 1 aliphatic rings. The number of nitrogens with one attached hydrogen (secondary N) is 1. The number of anilines is 1. The van der Waals surface area contributed by atoms with Crippen LogP contribution in [0.2, 0.25) is 0 Å². The average Bonchev–Trinajstić information content (AvgIpc) is 2.38. The van der Waals surface area contributed by atoms with E-state index in [1.807, 2.05) is 6.07 Å². The second kappa shape index (κ2) is 4.37. The van der Waals surface area contributed by atoms with E-state index < -0.39 is 0 Å². The van der Waals surface area contributed by atoms with Gasteiger partial charge in [0.2, 0.25) is 0 Å². The molecule has 18 heavy (non-hydrogen) atoms. The Labute approximate surface area is 108 Å². The van der Waals surface area contributed by atoms with Crippen molar-refractivity contribution in [2.45, 2.75) is 19.9 Å². The van der Waals surface area contributed by atoms with Crippen LogP contribution in [0.25, 0.3) is 11.1 Å². The Hall–Kier alpha value is -1.96. The van der Waals surface area contributed by atoms with Gasteiger partial charge < -0.3 is 10.1 Å². The van der Waals surface area contributed by atoms with Crippen LogP contribution in [0, 0.1) is 6.92 Å². The summed E-state index contributed by atoms with van der Waals surface area (Å²) in [7, 11) is 0. The Morgan fingerprint density at radius 2 is 1.78 bits per heavy atom. The fourth-order valence-corrected chi connectivity index (χ4v) is 2.22. The SMILES string of the molecule is Cc1ccc(-c2ccc3c(c2)NC(C)CO3)cc1. The third kappa shape index (κ3) is 2.06. The summed E-state index contributed by atoms with van der Waals surface area (Å²) in [5.74, 6) is 0.948. The Morgan fingerprint density at radius 3 is 2.56 bits per heavy atom. The van der Waals surface area contributed by atoms with Gasteiger partial charge in [-0.25, -0.2) is 0 Å². The predicted octanol–water partition coefficient (Wildman–Crippen LogP) is 3.85. The second-order valence-corrected chi connectivity index (χ2v) is 4.93. The Kier molecular flexibility index (Phi) is 2.71. The Balaban J connectivity index is 1.99. The van der Waals surface area contributed by atoms with E-state index in [1.54, 1.807) is 0 Å². The van der Waals surface area contributed by atoms with Crippen molar-refractivity contribution in [3.8, 4) is 16.9 Å². The van der Waals surface area contributed by atoms with Crippen molar-refractivity contribution in [3.05, 3.63) is 48.0 Å². The van der Waals surface area contributed by atoms with Gasteiger partial charge in [0.15, 0.2) is 0 Å². The minimum absolute atomic E-state index is 0.366. The third-order valence-electron chi connectivity index (χ3n) is 3.26. The molecule has 0 bridgehead atoms. The lowest BCUT2D eigenvalue weighted by atomic mass is 10.0. The van der Waals surface area contributed by atoms with Gasteiger partial charge in [0, 0.05) is 0 Å². The van der Waals surface area contributed by atoms with Gasteiger partial charge in [-0.2, -0.15) is 0 Å². The highest BCUT2D eigenvalue weighted by Crippen LogP contribution is 2.33. The van der Waals surface area contributed by atoms with E-state index >= 15 is 0 Å². The van der Waals surface area contributed by atoms with Crippen LogP contribution in [0.4, 0.5) is 5.69 Å². The predicted molar refractivity (Wildman–Crippen MR) is 75.2 cm³/mol. The number of aryl methyl sites for hydroxylation is 1. The van der Waals surface area contributed by atoms with Crippen LogP contribution in [-0.2, 0) is 0 Å². The molecule has 2 nitrogen and oxygen atoms in total. The van der Waals surface area contributed by atoms with Crippen molar-refractivity contribution in [1.29, 1.82) is 0 Å². The van der Waals surface area contributed by atoms with E-state index in [4.69, 9.17) is 4.74 Å². The van der Waals surface area contributed by atoms with E-state index in [0.29, 0.717) is 6.04 Å². The van der Waals surface area contributed by atoms with Crippen molar-refractivity contribution in [2.24, 2.45) is 0 Å². The molecule has 1 unspecified atom stereocenters. The molecule has 1 N–H and O–H groups in total. The molecule has 1 aliphatic heterocycles. The first kappa shape index (κ1) is 11.1. The van der Waals surface area contributed by atoms with Gasteiger partial charge in [0.1, 0.15) is 12.4 Å². The number of benzene rings is 2. The van der Waals surface area contributed by atoms with Crippen LogP contribution in [0.3, 0.4) is 0 Å². The molecule has 0 amide bonds. The van der Waals surface area contributed by atoms with Crippen LogP contribution in [0.15, 0.2) is 42.5 Å². The maximum Gasteiger partial charge on any atom is 0.142 e. The lowest BCUT2D eigenvalue weighted by molar-refractivity contribution is 0.292. The first-order valence-corrected chi connectivity index (χ1v) is 6.33. The summed E-state index contributed by atoms with van der Waals surface area (Å²) in [6.07, 6.45) is 0. The molecule has 0 aromatic heterocycles. The highest BCUT2D eigenvalue weighted by atomic mass is 16.5. The second-order valence-electron chi connectivity index (χ2n) is 4.93. The smallest absolute Gasteiger partial charge is 0.142 e. The highest BCUT2D eigenvalue weighted by molar-refractivity contribution is 5.72. The van der Waals surface area contributed by atoms with Gasteiger partial charge in [-0.3, -0.25) is 0 Å². The summed E-state index contributed by atoms with van der Waals surface area (Å²) >= 11 is 0. The van der Waals surface area contributed by atoms with Crippen LogP contribution in [0.1, 0.15) is 12.5 Å². The number of ether oxygens (including phenoxy) is 1. The van der Waals surface area contributed by atoms with Gasteiger partial charge in [-0.15, -0.1) is 0 Å². The summed E-state index contributed by atoms with van der Waals surface area (Å²) in [4.78, 5) is 0. The molecule has 0 aliphatic carbocycles. The highest BCUT2D eigenvalue weighted by Gasteiger charge is 2.15. The van der Waals surface area contributed by atoms with E-state index in [1.165, 1.54) is 16.7 Å². The van der Waals surface area contributed by atoms with E-state index in [-0.39, 0.29) is 0 Å². The van der Waals surface area contributed by atoms with Crippen LogP contribution < -0.4 is 10.1 Å². The zero-order valence-corrected chi connectivity index (χ0v) is 10.7. The molecule has 92 valence electrons. The summed E-state index contributed by atoms with van der Waals surface area (Å²) in [6.45, 7) is 4.96. The molecule has 0 radical (unpaired) electrons. The summed E-state index contributed by atoms with van der Waals surface area (Å²) in [5.41, 5.74) is 4.83. The van der Waals surface area contributed by atoms with Gasteiger partial charge in [-0.1, -0.05) is 35.9 Å². The zero-order chi connectivity index (χ0) is 12.5. The molecule has 3 rings (SSSR count). The first-order chi connectivity index (χ1) is 8.72. The van der Waals surface area contributed by atoms with Crippen LogP contribution in [-0.4, -0.2) is 12.6 Å². The van der Waals surface area contributed by atoms with E-state index in [2.05, 4.69) is 55.6 Å². The summed E-state index contributed by atoms with van der Waals surface area (Å²) < 4.78 is 5.68. The van der Waals surface area contributed by atoms with Crippen molar-refractivity contribution < 1.29 is 4.74 Å². The molecular weight excluding hydrogens is 222 g/mol. The maximum absolute atomic E-state index is 5.68. The molecule has 1 heterocycles. The maximum atomic E-state index is 5.68. The van der Waals surface area contributed by atoms with Crippen LogP contribution in [0.5, 0.6) is 5.75 Å². The molecular formula is C16H17NO. The summed E-state index contributed by atoms with van der Waals surface area (Å²) in [5, 5.41) is 3.46. The van der Waals surface area contributed by atoms with Crippen molar-refractivity contribution in [3.63, 3.8) is 0 Å². The van der Waals surface area contributed by atoms with Crippen LogP contribution >= 0.6 is 0 Å². The number of hydrogen-bond acceptors (Lipinski definition) is 2. The van der Waals surface area contributed by atoms with Gasteiger partial charge in [-0.05, 0) is 37.1 Å². The fraction of sp³-hybridized carbons (Fsp3) is 0.250. The quantitative estimate of drug-likeness (QED) is 0.816. The monoisotopic (exact) mass is 239 g/mol. The Bertz CT molecular complexity index is 560. The van der Waals surface area contributed by atoms with Gasteiger partial charge in [0.25, 0.3) is 0 Å². The molecule has 2 aromatic rings. The van der Waals surface area contributed by atoms with Crippen molar-refractivity contribution >= 4 is 5.69 Å². The van der Waals surface area contributed by atoms with Crippen molar-refractivity contribution in [2.75, 3.05) is 11.9 Å². The minimum Gasteiger partial charge on any atom is -0.489 e. The largest absolute Gasteiger partial charge is 0.489 e. The van der Waals surface area contributed by atoms with Crippen molar-refractivity contribution in [1.82, 2.24) is 0 Å². The standard InChI is InChI=1S/C16H17NO/c1-11-3-5-13(6-4-11)14-7-8-16-15(9-14)17-12(2)10-18-16/h3-9,12,17H,10H2,1-2H3. The van der Waals surface area contributed by atoms with Gasteiger partial charge >= 0.3 is 0 Å². The lowest BCUT2D eigenvalue weighted by Crippen LogP contribution is -2.28. The minimum atomic E-state index is 0.366. The molecule has 1 atom stereocenters. The molecule has 0 spiro atoms. The number of hydrogen-bond donors (Lipinski definition) is 1. The average molecular weight is 239 g/mol. The lowest BCUT2D eigenvalue weighted by Gasteiger charge is -2.25. The molecule has 2 aromatic carbocycles. The topological polar surface area (TPSA) is 21.3 Å². The molecule has 0 fully saturated rings. The zero-order valence-electron chi connectivity index (χ0n) is 10.7. The fourth-order valence-electron chi connectivity index (χ4n) is 2.22. The van der Waals surface area contributed by atoms with Gasteiger partial charge in [0.05, 0.1) is 11.7 Å².